The molecule has 2 aliphatic heterocycles. The molecule has 1 aromatic heterocycles. The van der Waals surface area contributed by atoms with Gasteiger partial charge in [-0.05, 0) is 62.9 Å². The number of nitrogens with zero attached hydrogens (tertiary/aromatic N) is 4. The standard InChI is InChI=1S/C31H42N6O4/c1-20-31(40)35(3)26-13-14-28(34-29(26)37(20)24-9-7-5-6-8-10-24)33-25-12-11-22(19-27(25)41-4)30(39)32-23-15-17-36(18-16-23)21(2)38/h11-14,19-20,23-24H,5-10,15-18H2,1-4H3,(H,32,39)(H,33,34)/t20-/m1/s1. The zero-order valence-corrected chi connectivity index (χ0v) is 24.6. The molecule has 3 aliphatic rings. The molecule has 1 saturated carbocycles. The number of anilines is 4. The number of carbonyl (C=O) groups excluding carboxylic acids is 3. The average Bonchev–Trinajstić information content (AvgIpc) is 3.26. The molecule has 10 heteroatoms. The highest BCUT2D eigenvalue weighted by Gasteiger charge is 2.38. The largest absolute Gasteiger partial charge is 0.495 e. The number of carbonyl (C=O) groups is 3. The molecule has 0 unspecified atom stereocenters. The van der Waals surface area contributed by atoms with Crippen molar-refractivity contribution in [3.63, 3.8) is 0 Å². The van der Waals surface area contributed by atoms with Gasteiger partial charge in [0.05, 0.1) is 18.5 Å². The molecule has 0 spiro atoms. The van der Waals surface area contributed by atoms with E-state index in [1.165, 1.54) is 25.7 Å². The summed E-state index contributed by atoms with van der Waals surface area (Å²) in [5, 5.41) is 6.48. The summed E-state index contributed by atoms with van der Waals surface area (Å²) in [7, 11) is 3.40. The number of piperidine rings is 1. The summed E-state index contributed by atoms with van der Waals surface area (Å²) in [6.45, 7) is 4.87. The number of nitrogens with one attached hydrogen (secondary N) is 2. The van der Waals surface area contributed by atoms with Crippen LogP contribution in [-0.2, 0) is 9.59 Å². The second-order valence-corrected chi connectivity index (χ2v) is 11.5. The number of likely N-dealkylation sites (tertiary alicyclic amines) is 1. The van der Waals surface area contributed by atoms with Gasteiger partial charge in [0.25, 0.3) is 5.91 Å². The first-order valence-corrected chi connectivity index (χ1v) is 14.8. The van der Waals surface area contributed by atoms with Crippen LogP contribution in [0.25, 0.3) is 0 Å². The van der Waals surface area contributed by atoms with Crippen LogP contribution in [0.15, 0.2) is 30.3 Å². The predicted octanol–water partition coefficient (Wildman–Crippen LogP) is 4.47. The molecule has 10 nitrogen and oxygen atoms in total. The fourth-order valence-corrected chi connectivity index (χ4v) is 6.37. The van der Waals surface area contributed by atoms with Crippen LogP contribution in [0, 0.1) is 0 Å². The van der Waals surface area contributed by atoms with E-state index >= 15 is 0 Å². The van der Waals surface area contributed by atoms with Crippen molar-refractivity contribution in [1.82, 2.24) is 15.2 Å². The smallest absolute Gasteiger partial charge is 0.251 e. The lowest BCUT2D eigenvalue weighted by atomic mass is 10.0. The number of hydrogen-bond donors (Lipinski definition) is 2. The van der Waals surface area contributed by atoms with Crippen molar-refractivity contribution < 1.29 is 19.1 Å². The summed E-state index contributed by atoms with van der Waals surface area (Å²) < 4.78 is 5.65. The van der Waals surface area contributed by atoms with Crippen LogP contribution in [0.3, 0.4) is 0 Å². The van der Waals surface area contributed by atoms with Crippen molar-refractivity contribution in [2.45, 2.75) is 83.3 Å². The Bertz CT molecular complexity index is 1280. The number of amides is 3. The Morgan fingerprint density at radius 1 is 1.00 bits per heavy atom. The molecule has 3 amide bonds. The first-order valence-electron chi connectivity index (χ1n) is 14.8. The second-order valence-electron chi connectivity index (χ2n) is 11.5. The molecular weight excluding hydrogens is 520 g/mol. The summed E-state index contributed by atoms with van der Waals surface area (Å²) in [6, 6.07) is 9.19. The van der Waals surface area contributed by atoms with Gasteiger partial charge < -0.3 is 30.1 Å². The van der Waals surface area contributed by atoms with Gasteiger partial charge in [-0.1, -0.05) is 25.7 Å². The Labute approximate surface area is 242 Å². The van der Waals surface area contributed by atoms with Gasteiger partial charge in [0, 0.05) is 44.7 Å². The highest BCUT2D eigenvalue weighted by molar-refractivity contribution is 6.04. The van der Waals surface area contributed by atoms with E-state index in [0.29, 0.717) is 35.9 Å². The van der Waals surface area contributed by atoms with Gasteiger partial charge >= 0.3 is 0 Å². The fourth-order valence-electron chi connectivity index (χ4n) is 6.37. The van der Waals surface area contributed by atoms with Crippen LogP contribution < -0.4 is 25.2 Å². The van der Waals surface area contributed by atoms with Crippen LogP contribution in [0.2, 0.25) is 0 Å². The number of aromatic nitrogens is 1. The van der Waals surface area contributed by atoms with Crippen molar-refractivity contribution in [2.75, 3.05) is 42.4 Å². The average molecular weight is 563 g/mol. The molecular formula is C31H42N6O4. The van der Waals surface area contributed by atoms with Crippen molar-refractivity contribution >= 4 is 40.7 Å². The minimum absolute atomic E-state index is 0.0328. The van der Waals surface area contributed by atoms with Gasteiger partial charge in [0.2, 0.25) is 11.8 Å². The van der Waals surface area contributed by atoms with Crippen LogP contribution in [0.5, 0.6) is 5.75 Å². The normalized spacial score (nSPS) is 20.3. The van der Waals surface area contributed by atoms with Gasteiger partial charge in [-0.15, -0.1) is 0 Å². The van der Waals surface area contributed by atoms with Gasteiger partial charge in [0.15, 0.2) is 5.82 Å². The molecule has 1 saturated heterocycles. The lowest BCUT2D eigenvalue weighted by Crippen LogP contribution is -2.55. The number of ether oxygens (including phenoxy) is 1. The number of benzene rings is 1. The molecule has 0 bridgehead atoms. The van der Waals surface area contributed by atoms with Gasteiger partial charge in [-0.3, -0.25) is 14.4 Å². The van der Waals surface area contributed by atoms with E-state index in [4.69, 9.17) is 9.72 Å². The maximum Gasteiger partial charge on any atom is 0.251 e. The van der Waals surface area contributed by atoms with Crippen molar-refractivity contribution in [1.29, 1.82) is 0 Å². The Hall–Kier alpha value is -3.82. The zero-order valence-electron chi connectivity index (χ0n) is 24.6. The van der Waals surface area contributed by atoms with Crippen molar-refractivity contribution in [3.8, 4) is 5.75 Å². The van der Waals surface area contributed by atoms with Crippen LogP contribution >= 0.6 is 0 Å². The minimum atomic E-state index is -0.277. The van der Waals surface area contributed by atoms with Crippen molar-refractivity contribution in [3.05, 3.63) is 35.9 Å². The zero-order chi connectivity index (χ0) is 29.1. The van der Waals surface area contributed by atoms with Gasteiger partial charge in [-0.2, -0.15) is 0 Å². The number of likely N-dealkylation sites (N-methyl/N-ethyl adjacent to an activating group) is 1. The molecule has 0 radical (unpaired) electrons. The Kier molecular flexibility index (Phi) is 8.65. The maximum absolute atomic E-state index is 13.1. The first-order chi connectivity index (χ1) is 19.8. The first kappa shape index (κ1) is 28.7. The summed E-state index contributed by atoms with van der Waals surface area (Å²) in [4.78, 5) is 48.5. The molecule has 5 rings (SSSR count). The third-order valence-electron chi connectivity index (χ3n) is 8.79. The summed E-state index contributed by atoms with van der Waals surface area (Å²) >= 11 is 0. The maximum atomic E-state index is 13.1. The van der Waals surface area contributed by atoms with Gasteiger partial charge in [0.1, 0.15) is 17.6 Å². The van der Waals surface area contributed by atoms with Crippen LogP contribution in [-0.4, -0.2) is 73.0 Å². The molecule has 1 aromatic carbocycles. The summed E-state index contributed by atoms with van der Waals surface area (Å²) in [5.41, 5.74) is 2.02. The number of pyridine rings is 1. The lowest BCUT2D eigenvalue weighted by Gasteiger charge is -2.43. The lowest BCUT2D eigenvalue weighted by molar-refractivity contribution is -0.129. The third-order valence-corrected chi connectivity index (χ3v) is 8.79. The minimum Gasteiger partial charge on any atom is -0.495 e. The highest BCUT2D eigenvalue weighted by atomic mass is 16.5. The highest BCUT2D eigenvalue weighted by Crippen LogP contribution is 2.39. The Morgan fingerprint density at radius 3 is 2.37 bits per heavy atom. The second kappa shape index (κ2) is 12.4. The topological polar surface area (TPSA) is 107 Å². The molecule has 3 heterocycles. The van der Waals surface area contributed by atoms with E-state index in [9.17, 15) is 14.4 Å². The molecule has 41 heavy (non-hydrogen) atoms. The van der Waals surface area contributed by atoms with Crippen molar-refractivity contribution in [2.24, 2.45) is 0 Å². The molecule has 2 fully saturated rings. The SMILES string of the molecule is COc1cc(C(=O)NC2CCN(C(C)=O)CC2)ccc1Nc1ccc2c(n1)N(C1CCCCCC1)[C@H](C)C(=O)N2C. The summed E-state index contributed by atoms with van der Waals surface area (Å²) in [5.74, 6) is 1.99. The summed E-state index contributed by atoms with van der Waals surface area (Å²) in [6.07, 6.45) is 8.41. The molecule has 1 atom stereocenters. The van der Waals surface area contributed by atoms with Gasteiger partial charge in [-0.25, -0.2) is 4.98 Å². The number of hydrogen-bond acceptors (Lipinski definition) is 7. The molecule has 2 N–H and O–H groups in total. The number of rotatable bonds is 6. The number of methoxy groups -OCH3 is 1. The van der Waals surface area contributed by atoms with Crippen LogP contribution in [0.4, 0.5) is 23.0 Å². The monoisotopic (exact) mass is 562 g/mol. The predicted molar refractivity (Wildman–Crippen MR) is 160 cm³/mol. The number of fused-ring (bicyclic) bond motifs is 1. The van der Waals surface area contributed by atoms with E-state index in [2.05, 4.69) is 15.5 Å². The van der Waals surface area contributed by atoms with E-state index in [1.54, 1.807) is 31.1 Å². The molecule has 220 valence electrons. The molecule has 1 aliphatic carbocycles. The van der Waals surface area contributed by atoms with E-state index in [1.807, 2.05) is 37.1 Å². The third kappa shape index (κ3) is 6.11. The van der Waals surface area contributed by atoms with E-state index < -0.39 is 0 Å². The molecule has 2 aromatic rings. The quantitative estimate of drug-likeness (QED) is 0.501. The van der Waals surface area contributed by atoms with Crippen LogP contribution in [0.1, 0.15) is 75.6 Å². The van der Waals surface area contributed by atoms with E-state index in [-0.39, 0.29) is 35.8 Å². The fraction of sp³-hybridized carbons (Fsp3) is 0.548. The van der Waals surface area contributed by atoms with E-state index in [0.717, 1.165) is 37.2 Å². The Morgan fingerprint density at radius 2 is 1.71 bits per heavy atom. The Balaban J connectivity index is 1.34.